The Morgan fingerprint density at radius 3 is 2.61 bits per heavy atom. The fraction of sp³-hybridized carbons (Fsp3) is 0.333. The maximum absolute atomic E-state index is 13.4. The third kappa shape index (κ3) is 5.99. The molecule has 0 radical (unpaired) electrons. The largest absolute Gasteiger partial charge is 0.497 e. The van der Waals surface area contributed by atoms with Crippen LogP contribution in [0.15, 0.2) is 53.4 Å². The van der Waals surface area contributed by atoms with Crippen molar-refractivity contribution < 1.29 is 17.5 Å². The Morgan fingerprint density at radius 1 is 1.23 bits per heavy atom. The van der Waals surface area contributed by atoms with Crippen LogP contribution in [0, 0.1) is 5.82 Å². The predicted molar refractivity (Wildman–Crippen MR) is 120 cm³/mol. The van der Waals surface area contributed by atoms with E-state index in [9.17, 15) is 12.8 Å². The van der Waals surface area contributed by atoms with Crippen LogP contribution < -0.4 is 15.8 Å². The molecule has 0 amide bonds. The van der Waals surface area contributed by atoms with Crippen LogP contribution in [0.5, 0.6) is 5.75 Å². The summed E-state index contributed by atoms with van der Waals surface area (Å²) in [4.78, 5) is 4.56. The molecule has 0 spiro atoms. The van der Waals surface area contributed by atoms with Gasteiger partial charge in [0, 0.05) is 24.0 Å². The van der Waals surface area contributed by atoms with Crippen LogP contribution in [0.3, 0.4) is 0 Å². The molecule has 2 aromatic carbocycles. The Kier molecular flexibility index (Phi) is 7.58. The lowest BCUT2D eigenvalue weighted by molar-refractivity contribution is 0.414. The Balaban J connectivity index is 1.81. The van der Waals surface area contributed by atoms with Crippen LogP contribution in [0.4, 0.5) is 9.52 Å². The zero-order valence-corrected chi connectivity index (χ0v) is 18.9. The van der Waals surface area contributed by atoms with Crippen LogP contribution in [-0.2, 0) is 16.3 Å². The van der Waals surface area contributed by atoms with E-state index in [0.717, 1.165) is 17.1 Å². The Morgan fingerprint density at radius 2 is 1.97 bits per heavy atom. The Hall–Kier alpha value is -2.56. The molecule has 7 nitrogen and oxygen atoms in total. The minimum atomic E-state index is -3.74. The fourth-order valence-corrected chi connectivity index (χ4v) is 5.31. The van der Waals surface area contributed by atoms with Gasteiger partial charge in [0.2, 0.25) is 5.13 Å². The van der Waals surface area contributed by atoms with Crippen molar-refractivity contribution in [2.45, 2.75) is 42.5 Å². The van der Waals surface area contributed by atoms with Crippen LogP contribution in [0.1, 0.15) is 31.2 Å². The van der Waals surface area contributed by atoms with Gasteiger partial charge in [-0.1, -0.05) is 19.1 Å². The van der Waals surface area contributed by atoms with Crippen LogP contribution in [-0.4, -0.2) is 36.3 Å². The number of rotatable bonds is 10. The number of anilines is 1. The summed E-state index contributed by atoms with van der Waals surface area (Å²) in [5.74, 6) is 0.726. The number of methoxy groups -OCH3 is 1. The van der Waals surface area contributed by atoms with Crippen molar-refractivity contribution in [2.75, 3.05) is 12.4 Å². The summed E-state index contributed by atoms with van der Waals surface area (Å²) in [6.07, 6.45) is 1.20. The molecule has 10 heteroatoms. The van der Waals surface area contributed by atoms with Crippen molar-refractivity contribution in [1.82, 2.24) is 9.36 Å². The molecule has 2 unspecified atom stereocenters. The van der Waals surface area contributed by atoms with Gasteiger partial charge >= 0.3 is 0 Å². The quantitative estimate of drug-likeness (QED) is 0.472. The first-order valence-electron chi connectivity index (χ1n) is 9.79. The van der Waals surface area contributed by atoms with E-state index in [2.05, 4.69) is 14.7 Å². The van der Waals surface area contributed by atoms with Crippen molar-refractivity contribution in [2.24, 2.45) is 5.73 Å². The fourth-order valence-electron chi connectivity index (χ4n) is 2.99. The summed E-state index contributed by atoms with van der Waals surface area (Å²) < 4.78 is 49.3. The molecule has 0 fully saturated rings. The third-order valence-corrected chi connectivity index (χ3v) is 7.48. The maximum Gasteiger partial charge on any atom is 0.203 e. The first-order valence-corrected chi connectivity index (χ1v) is 12.1. The smallest absolute Gasteiger partial charge is 0.203 e. The number of benzene rings is 2. The van der Waals surface area contributed by atoms with E-state index in [1.165, 1.54) is 31.4 Å². The zero-order valence-electron chi connectivity index (χ0n) is 17.3. The molecular weight excluding hydrogens is 439 g/mol. The van der Waals surface area contributed by atoms with Gasteiger partial charge in [-0.3, -0.25) is 0 Å². The van der Waals surface area contributed by atoms with Gasteiger partial charge in [0.25, 0.3) is 0 Å². The SMILES string of the molecule is CCC(N)CC(Nc1nc(Cc2cccc(F)c2)ns1)S(=O)(=O)c1ccc(OC)cc1. The predicted octanol–water partition coefficient (Wildman–Crippen LogP) is 3.62. The first kappa shape index (κ1) is 23.1. The number of aromatic nitrogens is 2. The van der Waals surface area contributed by atoms with E-state index >= 15 is 0 Å². The van der Waals surface area contributed by atoms with Crippen molar-refractivity contribution in [3.8, 4) is 5.75 Å². The lowest BCUT2D eigenvalue weighted by Crippen LogP contribution is -2.36. The number of nitrogens with one attached hydrogen (secondary N) is 1. The van der Waals surface area contributed by atoms with E-state index in [-0.39, 0.29) is 23.2 Å². The van der Waals surface area contributed by atoms with Crippen molar-refractivity contribution in [3.05, 3.63) is 65.7 Å². The van der Waals surface area contributed by atoms with E-state index in [4.69, 9.17) is 10.5 Å². The number of nitrogens with two attached hydrogens (primary N) is 1. The topological polar surface area (TPSA) is 107 Å². The van der Waals surface area contributed by atoms with Gasteiger partial charge in [-0.05, 0) is 54.8 Å². The van der Waals surface area contributed by atoms with E-state index in [1.807, 2.05) is 6.92 Å². The molecule has 3 N–H and O–H groups in total. The summed E-state index contributed by atoms with van der Waals surface area (Å²) in [7, 11) is -2.22. The summed E-state index contributed by atoms with van der Waals surface area (Å²) in [6.45, 7) is 1.91. The summed E-state index contributed by atoms with van der Waals surface area (Å²) in [6, 6.07) is 12.1. The number of ether oxygens (including phenoxy) is 1. The van der Waals surface area contributed by atoms with Crippen molar-refractivity contribution >= 4 is 26.5 Å². The van der Waals surface area contributed by atoms with E-state index in [0.29, 0.717) is 29.5 Å². The molecule has 0 aliphatic carbocycles. The highest BCUT2D eigenvalue weighted by atomic mass is 32.2. The molecule has 3 aromatic rings. The standard InChI is InChI=1S/C21H25FN4O3S2/c1-3-16(23)13-20(31(27,28)18-9-7-17(29-2)8-10-18)25-21-24-19(26-30-21)12-14-5-4-6-15(22)11-14/h4-11,16,20H,3,12-13,23H2,1-2H3,(H,24,25,26). The number of sulfone groups is 1. The molecular formula is C21H25FN4O3S2. The molecule has 0 saturated heterocycles. The average molecular weight is 465 g/mol. The van der Waals surface area contributed by atoms with Crippen molar-refractivity contribution in [1.29, 1.82) is 0 Å². The van der Waals surface area contributed by atoms with Gasteiger partial charge in [-0.25, -0.2) is 17.8 Å². The summed E-state index contributed by atoms with van der Waals surface area (Å²) >= 11 is 1.06. The lowest BCUT2D eigenvalue weighted by Gasteiger charge is -2.21. The molecule has 0 bridgehead atoms. The minimum Gasteiger partial charge on any atom is -0.497 e. The molecule has 166 valence electrons. The molecule has 1 aromatic heterocycles. The number of hydrogen-bond donors (Lipinski definition) is 2. The number of halogens is 1. The molecule has 0 aliphatic rings. The highest BCUT2D eigenvalue weighted by Crippen LogP contribution is 2.25. The highest BCUT2D eigenvalue weighted by molar-refractivity contribution is 7.92. The lowest BCUT2D eigenvalue weighted by atomic mass is 10.1. The number of hydrogen-bond acceptors (Lipinski definition) is 8. The second-order valence-electron chi connectivity index (χ2n) is 7.08. The molecule has 31 heavy (non-hydrogen) atoms. The molecule has 0 saturated carbocycles. The zero-order chi connectivity index (χ0) is 22.4. The van der Waals surface area contributed by atoms with Crippen LogP contribution >= 0.6 is 11.5 Å². The monoisotopic (exact) mass is 464 g/mol. The second kappa shape index (κ2) is 10.2. The van der Waals surface area contributed by atoms with Gasteiger partial charge in [-0.2, -0.15) is 4.37 Å². The minimum absolute atomic E-state index is 0.165. The van der Waals surface area contributed by atoms with Gasteiger partial charge in [0.1, 0.15) is 22.8 Å². The Labute approximate surface area is 185 Å². The van der Waals surface area contributed by atoms with Gasteiger partial charge in [0.15, 0.2) is 9.84 Å². The van der Waals surface area contributed by atoms with Crippen LogP contribution in [0.2, 0.25) is 0 Å². The second-order valence-corrected chi connectivity index (χ2v) is 9.96. The molecule has 1 heterocycles. The average Bonchev–Trinajstić information content (AvgIpc) is 3.20. The summed E-state index contributed by atoms with van der Waals surface area (Å²) in [5, 5.41) is 2.41. The van der Waals surface area contributed by atoms with Gasteiger partial charge in [-0.15, -0.1) is 0 Å². The molecule has 3 rings (SSSR count). The highest BCUT2D eigenvalue weighted by Gasteiger charge is 2.30. The van der Waals surface area contributed by atoms with E-state index < -0.39 is 15.2 Å². The van der Waals surface area contributed by atoms with Gasteiger partial charge < -0.3 is 15.8 Å². The van der Waals surface area contributed by atoms with Gasteiger partial charge in [0.05, 0.1) is 12.0 Å². The van der Waals surface area contributed by atoms with Crippen LogP contribution in [0.25, 0.3) is 0 Å². The number of nitrogens with zero attached hydrogens (tertiary/aromatic N) is 2. The third-order valence-electron chi connectivity index (χ3n) is 4.81. The normalized spacial score (nSPS) is 13.5. The van der Waals surface area contributed by atoms with E-state index in [1.54, 1.807) is 24.3 Å². The Bertz CT molecular complexity index is 1100. The molecule has 2 atom stereocenters. The maximum atomic E-state index is 13.4. The van der Waals surface area contributed by atoms with Crippen molar-refractivity contribution in [3.63, 3.8) is 0 Å². The molecule has 0 aliphatic heterocycles. The first-order chi connectivity index (χ1) is 14.8. The summed E-state index contributed by atoms with van der Waals surface area (Å²) in [5.41, 5.74) is 6.81.